The summed E-state index contributed by atoms with van der Waals surface area (Å²) in [6, 6.07) is 0.684. The van der Waals surface area contributed by atoms with Crippen LogP contribution in [-0.4, -0.2) is 25.3 Å². The van der Waals surface area contributed by atoms with Crippen molar-refractivity contribution in [2.24, 2.45) is 5.92 Å². The topological polar surface area (TPSA) is 21.3 Å². The van der Waals surface area contributed by atoms with Gasteiger partial charge in [0.25, 0.3) is 0 Å². The fourth-order valence-corrected chi connectivity index (χ4v) is 2.15. The molecule has 1 aliphatic heterocycles. The van der Waals surface area contributed by atoms with E-state index in [1.165, 1.54) is 32.1 Å². The Labute approximate surface area is 94.8 Å². The lowest BCUT2D eigenvalue weighted by Crippen LogP contribution is -2.36. The van der Waals surface area contributed by atoms with Crippen molar-refractivity contribution in [3.63, 3.8) is 0 Å². The molecule has 1 saturated heterocycles. The predicted molar refractivity (Wildman–Crippen MR) is 65.1 cm³/mol. The Morgan fingerprint density at radius 1 is 1.33 bits per heavy atom. The lowest BCUT2D eigenvalue weighted by Gasteiger charge is -2.22. The second kappa shape index (κ2) is 7.24. The first kappa shape index (κ1) is 13.0. The van der Waals surface area contributed by atoms with E-state index in [9.17, 15) is 0 Å². The summed E-state index contributed by atoms with van der Waals surface area (Å²) in [6.07, 6.45) is 6.80. The molecule has 15 heavy (non-hydrogen) atoms. The molecule has 0 aliphatic carbocycles. The van der Waals surface area contributed by atoms with Crippen LogP contribution in [0.4, 0.5) is 0 Å². The molecule has 2 nitrogen and oxygen atoms in total. The number of ether oxygens (including phenoxy) is 1. The predicted octanol–water partition coefficient (Wildman–Crippen LogP) is 2.97. The lowest BCUT2D eigenvalue weighted by atomic mass is 9.97. The van der Waals surface area contributed by atoms with Crippen LogP contribution in [-0.2, 0) is 4.74 Å². The van der Waals surface area contributed by atoms with Gasteiger partial charge in [0.15, 0.2) is 0 Å². The van der Waals surface area contributed by atoms with Crippen molar-refractivity contribution in [2.45, 2.75) is 65.0 Å². The summed E-state index contributed by atoms with van der Waals surface area (Å²) in [5.74, 6) is 0.840. The van der Waals surface area contributed by atoms with Crippen molar-refractivity contribution < 1.29 is 4.74 Å². The maximum atomic E-state index is 5.62. The van der Waals surface area contributed by atoms with Crippen molar-refractivity contribution in [3.05, 3.63) is 0 Å². The molecule has 1 N–H and O–H groups in total. The fourth-order valence-electron chi connectivity index (χ4n) is 2.15. The maximum absolute atomic E-state index is 5.62. The molecule has 0 aromatic rings. The van der Waals surface area contributed by atoms with Gasteiger partial charge in [-0.3, -0.25) is 0 Å². The SMILES string of the molecule is CC[C@H](C)C[C@@H](CC)NC[C@H]1CCCO1. The second-order valence-corrected chi connectivity index (χ2v) is 4.90. The largest absolute Gasteiger partial charge is 0.377 e. The molecule has 0 spiro atoms. The van der Waals surface area contributed by atoms with Crippen molar-refractivity contribution in [1.29, 1.82) is 0 Å². The highest BCUT2D eigenvalue weighted by Crippen LogP contribution is 2.14. The number of rotatable bonds is 7. The number of hydrogen-bond acceptors (Lipinski definition) is 2. The van der Waals surface area contributed by atoms with Gasteiger partial charge in [0.2, 0.25) is 0 Å². The van der Waals surface area contributed by atoms with Crippen LogP contribution in [0.2, 0.25) is 0 Å². The van der Waals surface area contributed by atoms with Crippen LogP contribution in [0, 0.1) is 5.92 Å². The molecule has 1 fully saturated rings. The smallest absolute Gasteiger partial charge is 0.0700 e. The standard InChI is InChI=1S/C13H27NO/c1-4-11(3)9-12(5-2)14-10-13-7-6-8-15-13/h11-14H,4-10H2,1-3H3/t11-,12+,13+/m0/s1. The zero-order valence-electron chi connectivity index (χ0n) is 10.6. The van der Waals surface area contributed by atoms with E-state index in [0.717, 1.165) is 19.1 Å². The molecular weight excluding hydrogens is 186 g/mol. The molecule has 1 rings (SSSR count). The summed E-state index contributed by atoms with van der Waals surface area (Å²) in [5, 5.41) is 3.65. The molecule has 0 saturated carbocycles. The van der Waals surface area contributed by atoms with E-state index in [1.807, 2.05) is 0 Å². The van der Waals surface area contributed by atoms with Gasteiger partial charge in [-0.05, 0) is 31.6 Å². The van der Waals surface area contributed by atoms with E-state index in [2.05, 4.69) is 26.1 Å². The first-order chi connectivity index (χ1) is 7.26. The minimum Gasteiger partial charge on any atom is -0.377 e. The Morgan fingerprint density at radius 2 is 2.13 bits per heavy atom. The van der Waals surface area contributed by atoms with Crippen LogP contribution >= 0.6 is 0 Å². The van der Waals surface area contributed by atoms with E-state index >= 15 is 0 Å². The second-order valence-electron chi connectivity index (χ2n) is 4.90. The van der Waals surface area contributed by atoms with Crippen LogP contribution in [0.25, 0.3) is 0 Å². The van der Waals surface area contributed by atoms with Gasteiger partial charge < -0.3 is 10.1 Å². The number of nitrogens with one attached hydrogen (secondary N) is 1. The third-order valence-electron chi connectivity index (χ3n) is 3.53. The molecule has 3 atom stereocenters. The maximum Gasteiger partial charge on any atom is 0.0700 e. The van der Waals surface area contributed by atoms with Crippen LogP contribution < -0.4 is 5.32 Å². The highest BCUT2D eigenvalue weighted by atomic mass is 16.5. The van der Waals surface area contributed by atoms with Gasteiger partial charge in [-0.1, -0.05) is 27.2 Å². The molecule has 0 radical (unpaired) electrons. The summed E-state index contributed by atoms with van der Waals surface area (Å²) in [7, 11) is 0. The zero-order valence-corrected chi connectivity index (χ0v) is 10.6. The molecular formula is C13H27NO. The zero-order chi connectivity index (χ0) is 11.1. The summed E-state index contributed by atoms with van der Waals surface area (Å²) in [6.45, 7) is 8.91. The lowest BCUT2D eigenvalue weighted by molar-refractivity contribution is 0.106. The molecule has 0 unspecified atom stereocenters. The molecule has 90 valence electrons. The molecule has 0 aromatic heterocycles. The van der Waals surface area contributed by atoms with Gasteiger partial charge in [-0.2, -0.15) is 0 Å². The van der Waals surface area contributed by atoms with Gasteiger partial charge in [0.1, 0.15) is 0 Å². The van der Waals surface area contributed by atoms with E-state index < -0.39 is 0 Å². The quantitative estimate of drug-likeness (QED) is 0.702. The van der Waals surface area contributed by atoms with E-state index in [-0.39, 0.29) is 0 Å². The Hall–Kier alpha value is -0.0800. The minimum atomic E-state index is 0.482. The highest BCUT2D eigenvalue weighted by Gasteiger charge is 2.17. The molecule has 2 heteroatoms. The normalized spacial score (nSPS) is 25.4. The third kappa shape index (κ3) is 4.98. The van der Waals surface area contributed by atoms with Crippen LogP contribution in [0.1, 0.15) is 52.9 Å². The fraction of sp³-hybridized carbons (Fsp3) is 1.00. The van der Waals surface area contributed by atoms with E-state index in [4.69, 9.17) is 4.74 Å². The molecule has 1 heterocycles. The highest BCUT2D eigenvalue weighted by molar-refractivity contribution is 4.73. The first-order valence-corrected chi connectivity index (χ1v) is 6.61. The van der Waals surface area contributed by atoms with E-state index in [1.54, 1.807) is 0 Å². The van der Waals surface area contributed by atoms with Crippen molar-refractivity contribution in [2.75, 3.05) is 13.2 Å². The van der Waals surface area contributed by atoms with Gasteiger partial charge >= 0.3 is 0 Å². The molecule has 0 aromatic carbocycles. The summed E-state index contributed by atoms with van der Waals surface area (Å²) >= 11 is 0. The molecule has 1 aliphatic rings. The van der Waals surface area contributed by atoms with Crippen molar-refractivity contribution in [3.8, 4) is 0 Å². The minimum absolute atomic E-state index is 0.482. The summed E-state index contributed by atoms with van der Waals surface area (Å²) in [5.41, 5.74) is 0. The van der Waals surface area contributed by atoms with Crippen molar-refractivity contribution in [1.82, 2.24) is 5.32 Å². The van der Waals surface area contributed by atoms with Gasteiger partial charge in [0, 0.05) is 19.2 Å². The Bertz CT molecular complexity index is 155. The first-order valence-electron chi connectivity index (χ1n) is 6.61. The summed E-state index contributed by atoms with van der Waals surface area (Å²) in [4.78, 5) is 0. The Morgan fingerprint density at radius 3 is 2.67 bits per heavy atom. The van der Waals surface area contributed by atoms with Crippen LogP contribution in [0.3, 0.4) is 0 Å². The van der Waals surface area contributed by atoms with E-state index in [0.29, 0.717) is 12.1 Å². The van der Waals surface area contributed by atoms with Gasteiger partial charge in [-0.25, -0.2) is 0 Å². The Balaban J connectivity index is 2.14. The monoisotopic (exact) mass is 213 g/mol. The number of hydrogen-bond donors (Lipinski definition) is 1. The average Bonchev–Trinajstić information content (AvgIpc) is 2.76. The average molecular weight is 213 g/mol. The van der Waals surface area contributed by atoms with Gasteiger partial charge in [0.05, 0.1) is 6.10 Å². The van der Waals surface area contributed by atoms with Crippen LogP contribution in [0.15, 0.2) is 0 Å². The van der Waals surface area contributed by atoms with Crippen LogP contribution in [0.5, 0.6) is 0 Å². The molecule has 0 bridgehead atoms. The third-order valence-corrected chi connectivity index (χ3v) is 3.53. The molecule has 0 amide bonds. The Kier molecular flexibility index (Phi) is 6.26. The van der Waals surface area contributed by atoms with Gasteiger partial charge in [-0.15, -0.1) is 0 Å². The summed E-state index contributed by atoms with van der Waals surface area (Å²) < 4.78 is 5.62. The van der Waals surface area contributed by atoms with Crippen molar-refractivity contribution >= 4 is 0 Å².